The van der Waals surface area contributed by atoms with Crippen molar-refractivity contribution in [3.63, 3.8) is 0 Å². The van der Waals surface area contributed by atoms with Gasteiger partial charge in [-0.15, -0.1) is 0 Å². The van der Waals surface area contributed by atoms with E-state index in [0.717, 1.165) is 17.5 Å². The zero-order valence-corrected chi connectivity index (χ0v) is 19.2. The molecule has 3 aromatic rings. The van der Waals surface area contributed by atoms with E-state index in [4.69, 9.17) is 16.6 Å². The van der Waals surface area contributed by atoms with Crippen molar-refractivity contribution in [2.45, 2.75) is 32.9 Å². The van der Waals surface area contributed by atoms with Crippen molar-refractivity contribution in [2.24, 2.45) is 10.9 Å². The van der Waals surface area contributed by atoms with Crippen LogP contribution in [-0.4, -0.2) is 22.6 Å². The topological polar surface area (TPSA) is 75.8 Å². The van der Waals surface area contributed by atoms with Gasteiger partial charge in [0.25, 0.3) is 11.6 Å². The average Bonchev–Trinajstić information content (AvgIpc) is 2.94. The van der Waals surface area contributed by atoms with Gasteiger partial charge in [-0.1, -0.05) is 74.3 Å². The second-order valence-corrected chi connectivity index (χ2v) is 8.62. The van der Waals surface area contributed by atoms with Crippen molar-refractivity contribution in [1.82, 2.24) is 0 Å². The summed E-state index contributed by atoms with van der Waals surface area (Å²) in [6, 6.07) is 20.9. The predicted octanol–water partition coefficient (Wildman–Crippen LogP) is 6.05. The summed E-state index contributed by atoms with van der Waals surface area (Å²) >= 11 is 6.38. The Kier molecular flexibility index (Phi) is 6.56. The Morgan fingerprint density at radius 1 is 1.09 bits per heavy atom. The minimum absolute atomic E-state index is 0.00797. The summed E-state index contributed by atoms with van der Waals surface area (Å²) in [5.41, 5.74) is 3.73. The van der Waals surface area contributed by atoms with Crippen LogP contribution >= 0.6 is 11.6 Å². The first kappa shape index (κ1) is 22.7. The van der Waals surface area contributed by atoms with E-state index in [1.165, 1.54) is 12.1 Å². The summed E-state index contributed by atoms with van der Waals surface area (Å²) in [5.74, 6) is -0.126. The molecular formula is C26H24ClN3O3. The summed E-state index contributed by atoms with van der Waals surface area (Å²) in [6.07, 6.45) is 0.781. The molecule has 0 aliphatic carbocycles. The first-order chi connectivity index (χ1) is 15.9. The van der Waals surface area contributed by atoms with Gasteiger partial charge in [-0.3, -0.25) is 19.9 Å². The molecule has 0 aromatic heterocycles. The molecule has 0 saturated heterocycles. The molecule has 0 bridgehead atoms. The number of nitro groups is 1. The molecular weight excluding hydrogens is 438 g/mol. The Morgan fingerprint density at radius 3 is 2.55 bits per heavy atom. The number of rotatable bonds is 6. The molecule has 0 N–H and O–H groups in total. The van der Waals surface area contributed by atoms with Crippen molar-refractivity contribution in [3.8, 4) is 0 Å². The van der Waals surface area contributed by atoms with Gasteiger partial charge in [-0.05, 0) is 29.7 Å². The number of nitrogens with zero attached hydrogens (tertiary/aromatic N) is 3. The average molecular weight is 462 g/mol. The monoisotopic (exact) mass is 461 g/mol. The summed E-state index contributed by atoms with van der Waals surface area (Å²) in [4.78, 5) is 31.3. The van der Waals surface area contributed by atoms with Crippen molar-refractivity contribution >= 4 is 34.6 Å². The number of hydrogen-bond donors (Lipinski definition) is 0. The standard InChI is InChI=1S/C26H24ClN3O3/c1-3-17(2)24-26(31)29(16-18-8-7-11-21(14-18)30(32)33)23-13-12-20(27)15-22(23)25(28-24)19-9-5-4-6-10-19/h4-15,17,24H,3,16H2,1-2H3/t17-,24+/m0/s1. The van der Waals surface area contributed by atoms with Crippen LogP contribution in [0.2, 0.25) is 5.02 Å². The van der Waals surface area contributed by atoms with E-state index in [1.807, 2.05) is 56.3 Å². The minimum Gasteiger partial charge on any atom is -0.305 e. The fourth-order valence-corrected chi connectivity index (χ4v) is 4.18. The molecule has 2 atom stereocenters. The van der Waals surface area contributed by atoms with Gasteiger partial charge in [0.1, 0.15) is 6.04 Å². The van der Waals surface area contributed by atoms with Crippen LogP contribution in [0, 0.1) is 16.0 Å². The van der Waals surface area contributed by atoms with Crippen LogP contribution in [0.3, 0.4) is 0 Å². The normalized spacial score (nSPS) is 16.6. The number of fused-ring (bicyclic) bond motifs is 1. The molecule has 0 saturated carbocycles. The lowest BCUT2D eigenvalue weighted by Crippen LogP contribution is -2.40. The van der Waals surface area contributed by atoms with Crippen LogP contribution in [0.1, 0.15) is 37.0 Å². The van der Waals surface area contributed by atoms with Crippen LogP contribution in [0.25, 0.3) is 0 Å². The predicted molar refractivity (Wildman–Crippen MR) is 131 cm³/mol. The molecule has 0 unspecified atom stereocenters. The number of benzene rings is 3. The Bertz CT molecular complexity index is 1230. The number of nitro benzene ring substituents is 1. The lowest BCUT2D eigenvalue weighted by atomic mass is 9.97. The maximum absolute atomic E-state index is 13.8. The van der Waals surface area contributed by atoms with Gasteiger partial charge >= 0.3 is 0 Å². The van der Waals surface area contributed by atoms with Gasteiger partial charge in [0.15, 0.2) is 0 Å². The van der Waals surface area contributed by atoms with Gasteiger partial charge in [0.2, 0.25) is 0 Å². The first-order valence-corrected chi connectivity index (χ1v) is 11.2. The fourth-order valence-electron chi connectivity index (χ4n) is 4.01. The van der Waals surface area contributed by atoms with Crippen LogP contribution < -0.4 is 4.90 Å². The highest BCUT2D eigenvalue weighted by Crippen LogP contribution is 2.34. The van der Waals surface area contributed by atoms with Gasteiger partial charge in [0.05, 0.1) is 22.9 Å². The molecule has 4 rings (SSSR count). The van der Waals surface area contributed by atoms with E-state index in [-0.39, 0.29) is 24.1 Å². The van der Waals surface area contributed by atoms with Crippen LogP contribution in [0.4, 0.5) is 11.4 Å². The van der Waals surface area contributed by atoms with E-state index in [2.05, 4.69) is 0 Å². The van der Waals surface area contributed by atoms with Crippen molar-refractivity contribution in [2.75, 3.05) is 4.90 Å². The Balaban J connectivity index is 1.89. The molecule has 0 fully saturated rings. The molecule has 0 spiro atoms. The fraction of sp³-hybridized carbons (Fsp3) is 0.231. The zero-order chi connectivity index (χ0) is 23.5. The number of aliphatic imine (C=N–C) groups is 1. The summed E-state index contributed by atoms with van der Waals surface area (Å²) in [6.45, 7) is 4.25. The quantitative estimate of drug-likeness (QED) is 0.331. The number of carbonyl (C=O) groups is 1. The Labute approximate surface area is 197 Å². The highest BCUT2D eigenvalue weighted by molar-refractivity contribution is 6.32. The largest absolute Gasteiger partial charge is 0.305 e. The molecule has 1 aliphatic rings. The summed E-state index contributed by atoms with van der Waals surface area (Å²) < 4.78 is 0. The highest BCUT2D eigenvalue weighted by atomic mass is 35.5. The highest BCUT2D eigenvalue weighted by Gasteiger charge is 2.35. The maximum atomic E-state index is 13.8. The molecule has 1 aliphatic heterocycles. The molecule has 0 radical (unpaired) electrons. The minimum atomic E-state index is -0.588. The number of carbonyl (C=O) groups excluding carboxylic acids is 1. The number of non-ortho nitro benzene ring substituents is 1. The number of hydrogen-bond acceptors (Lipinski definition) is 4. The Hall–Kier alpha value is -3.51. The first-order valence-electron chi connectivity index (χ1n) is 10.9. The molecule has 168 valence electrons. The summed E-state index contributed by atoms with van der Waals surface area (Å²) in [7, 11) is 0. The van der Waals surface area contributed by atoms with Gasteiger partial charge < -0.3 is 4.90 Å². The van der Waals surface area contributed by atoms with Gasteiger partial charge in [0, 0.05) is 28.3 Å². The van der Waals surface area contributed by atoms with E-state index < -0.39 is 11.0 Å². The van der Waals surface area contributed by atoms with Crippen molar-refractivity contribution in [1.29, 1.82) is 0 Å². The lowest BCUT2D eigenvalue weighted by molar-refractivity contribution is -0.384. The zero-order valence-electron chi connectivity index (χ0n) is 18.4. The number of amides is 1. The SMILES string of the molecule is CC[C@H](C)[C@H]1N=C(c2ccccc2)c2cc(Cl)ccc2N(Cc2cccc([N+](=O)[O-])c2)C1=O. The van der Waals surface area contributed by atoms with Crippen molar-refractivity contribution < 1.29 is 9.72 Å². The summed E-state index contributed by atoms with van der Waals surface area (Å²) in [5, 5.41) is 11.8. The number of benzodiazepines with no additional fused rings is 1. The Morgan fingerprint density at radius 2 is 1.85 bits per heavy atom. The number of halogens is 1. The lowest BCUT2D eigenvalue weighted by Gasteiger charge is -2.27. The van der Waals surface area contributed by atoms with Crippen LogP contribution in [0.5, 0.6) is 0 Å². The second-order valence-electron chi connectivity index (χ2n) is 8.19. The third-order valence-electron chi connectivity index (χ3n) is 5.98. The molecule has 1 heterocycles. The molecule has 7 heteroatoms. The maximum Gasteiger partial charge on any atom is 0.269 e. The molecule has 1 amide bonds. The van der Waals surface area contributed by atoms with Crippen LogP contribution in [-0.2, 0) is 11.3 Å². The van der Waals surface area contributed by atoms with E-state index >= 15 is 0 Å². The second kappa shape index (κ2) is 9.55. The third kappa shape index (κ3) is 4.66. The molecule has 3 aromatic carbocycles. The van der Waals surface area contributed by atoms with E-state index in [9.17, 15) is 14.9 Å². The van der Waals surface area contributed by atoms with Crippen LogP contribution in [0.15, 0.2) is 77.8 Å². The smallest absolute Gasteiger partial charge is 0.269 e. The number of anilines is 1. The van der Waals surface area contributed by atoms with E-state index in [1.54, 1.807) is 23.1 Å². The molecule has 33 heavy (non-hydrogen) atoms. The molecule has 6 nitrogen and oxygen atoms in total. The van der Waals surface area contributed by atoms with Gasteiger partial charge in [-0.25, -0.2) is 0 Å². The van der Waals surface area contributed by atoms with Gasteiger partial charge in [-0.2, -0.15) is 0 Å². The van der Waals surface area contributed by atoms with E-state index in [0.29, 0.717) is 22.0 Å². The third-order valence-corrected chi connectivity index (χ3v) is 6.22. The van der Waals surface area contributed by atoms with Crippen molar-refractivity contribution in [3.05, 3.63) is 105 Å².